The average molecular weight is 339 g/mol. The number of carbonyl (C=O) groups is 1. The molecule has 1 atom stereocenters. The van der Waals surface area contributed by atoms with Crippen molar-refractivity contribution < 1.29 is 9.90 Å². The van der Waals surface area contributed by atoms with Crippen molar-refractivity contribution in [3.8, 4) is 5.75 Å². The van der Waals surface area contributed by atoms with Gasteiger partial charge < -0.3 is 10.0 Å². The fraction of sp³-hybridized carbons (Fsp3) is 0.368. The zero-order valence-electron chi connectivity index (χ0n) is 14.0. The van der Waals surface area contributed by atoms with Gasteiger partial charge in [-0.3, -0.25) is 19.3 Å². The quantitative estimate of drug-likeness (QED) is 0.865. The Hall–Kier alpha value is -2.76. The zero-order chi connectivity index (χ0) is 17.4. The predicted octanol–water partition coefficient (Wildman–Crippen LogP) is 2.22. The Kier molecular flexibility index (Phi) is 3.95. The number of carbonyl (C=O) groups excluding carboxylic acids is 1. The number of rotatable bonds is 1. The molecule has 4 rings (SSSR count). The van der Waals surface area contributed by atoms with Crippen molar-refractivity contribution >= 4 is 5.91 Å². The fourth-order valence-electron chi connectivity index (χ4n) is 3.79. The van der Waals surface area contributed by atoms with Crippen LogP contribution < -0.4 is 10.4 Å². The molecule has 1 aromatic heterocycles. The van der Waals surface area contributed by atoms with E-state index in [9.17, 15) is 14.7 Å². The highest BCUT2D eigenvalue weighted by Crippen LogP contribution is 2.31. The molecule has 2 bridgehead atoms. The van der Waals surface area contributed by atoms with Gasteiger partial charge in [-0.05, 0) is 18.4 Å². The molecule has 1 amide bonds. The van der Waals surface area contributed by atoms with E-state index in [2.05, 4.69) is 17.1 Å². The van der Waals surface area contributed by atoms with Crippen LogP contribution in [0.1, 0.15) is 47.8 Å². The normalized spacial score (nSPS) is 20.5. The summed E-state index contributed by atoms with van der Waals surface area (Å²) >= 11 is 0. The second kappa shape index (κ2) is 6.27. The molecule has 0 radical (unpaired) electrons. The molecule has 2 aliphatic heterocycles. The van der Waals surface area contributed by atoms with E-state index in [1.165, 1.54) is 11.6 Å². The van der Waals surface area contributed by atoms with E-state index < -0.39 is 11.2 Å². The molecule has 2 aliphatic rings. The van der Waals surface area contributed by atoms with Crippen LogP contribution in [0.15, 0.2) is 47.4 Å². The SMILES string of the molecule is O=C1c2c(O)c(=O)ccn2N2CN1CCCCCC2c1ccccc1. The summed E-state index contributed by atoms with van der Waals surface area (Å²) in [7, 11) is 0. The standard InChI is InChI=1S/C19H21N3O3/c23-16-10-12-21-17(18(16)24)19(25)20-11-6-2-5-9-15(22(21)13-20)14-7-3-1-4-8-14/h1,3-4,7-8,10,12,15,24H,2,5-6,9,11,13H2. The summed E-state index contributed by atoms with van der Waals surface area (Å²) in [6.07, 6.45) is 5.61. The van der Waals surface area contributed by atoms with Gasteiger partial charge in [-0.15, -0.1) is 0 Å². The molecule has 0 saturated carbocycles. The van der Waals surface area contributed by atoms with E-state index in [4.69, 9.17) is 0 Å². The first-order valence-corrected chi connectivity index (χ1v) is 8.72. The molecule has 0 aliphatic carbocycles. The van der Waals surface area contributed by atoms with E-state index in [0.29, 0.717) is 13.2 Å². The van der Waals surface area contributed by atoms with Gasteiger partial charge in [0.1, 0.15) is 6.67 Å². The van der Waals surface area contributed by atoms with Crippen LogP contribution in [0.4, 0.5) is 0 Å². The lowest BCUT2D eigenvalue weighted by Crippen LogP contribution is -2.55. The monoisotopic (exact) mass is 339 g/mol. The minimum Gasteiger partial charge on any atom is -0.502 e. The lowest BCUT2D eigenvalue weighted by Gasteiger charge is -2.43. The van der Waals surface area contributed by atoms with Crippen molar-refractivity contribution in [1.29, 1.82) is 0 Å². The third kappa shape index (κ3) is 2.67. The van der Waals surface area contributed by atoms with E-state index in [0.717, 1.165) is 25.7 Å². The van der Waals surface area contributed by atoms with Crippen molar-refractivity contribution in [3.05, 3.63) is 64.1 Å². The minimum atomic E-state index is -0.521. The van der Waals surface area contributed by atoms with Crippen LogP contribution >= 0.6 is 0 Å². The van der Waals surface area contributed by atoms with Crippen molar-refractivity contribution in [2.75, 3.05) is 18.2 Å². The number of amides is 1. The Balaban J connectivity index is 1.88. The first-order valence-electron chi connectivity index (χ1n) is 8.72. The van der Waals surface area contributed by atoms with E-state index >= 15 is 0 Å². The first-order chi connectivity index (χ1) is 12.2. The largest absolute Gasteiger partial charge is 0.502 e. The van der Waals surface area contributed by atoms with Gasteiger partial charge in [-0.25, -0.2) is 0 Å². The molecule has 1 unspecified atom stereocenters. The van der Waals surface area contributed by atoms with Gasteiger partial charge in [0.15, 0.2) is 11.4 Å². The Labute approximate surface area is 145 Å². The van der Waals surface area contributed by atoms with E-state index in [1.54, 1.807) is 15.8 Å². The molecule has 3 heterocycles. The average Bonchev–Trinajstić information content (AvgIpc) is 2.72. The van der Waals surface area contributed by atoms with Gasteiger partial charge in [0.05, 0.1) is 6.04 Å². The highest BCUT2D eigenvalue weighted by atomic mass is 16.3. The van der Waals surface area contributed by atoms with Gasteiger partial charge in [0, 0.05) is 18.8 Å². The van der Waals surface area contributed by atoms with Gasteiger partial charge in [0.25, 0.3) is 5.91 Å². The third-order valence-electron chi connectivity index (χ3n) is 5.09. The maximum absolute atomic E-state index is 12.8. The van der Waals surface area contributed by atoms with Gasteiger partial charge in [-0.1, -0.05) is 43.2 Å². The predicted molar refractivity (Wildman–Crippen MR) is 94.1 cm³/mol. The zero-order valence-corrected chi connectivity index (χ0v) is 14.0. The summed E-state index contributed by atoms with van der Waals surface area (Å²) in [5, 5.41) is 12.3. The maximum atomic E-state index is 12.8. The maximum Gasteiger partial charge on any atom is 0.277 e. The molecule has 6 heteroatoms. The van der Waals surface area contributed by atoms with E-state index in [1.807, 2.05) is 18.2 Å². The number of hydrogen-bond acceptors (Lipinski definition) is 4. The number of aromatic hydroxyl groups is 1. The minimum absolute atomic E-state index is 0.0709. The van der Waals surface area contributed by atoms with Crippen LogP contribution in [0.25, 0.3) is 0 Å². The van der Waals surface area contributed by atoms with Gasteiger partial charge >= 0.3 is 0 Å². The summed E-state index contributed by atoms with van der Waals surface area (Å²) in [6, 6.07) is 11.6. The third-order valence-corrected chi connectivity index (χ3v) is 5.09. The van der Waals surface area contributed by atoms with Crippen LogP contribution in [0.3, 0.4) is 0 Å². The smallest absolute Gasteiger partial charge is 0.277 e. The second-order valence-corrected chi connectivity index (χ2v) is 6.65. The lowest BCUT2D eigenvalue weighted by atomic mass is 10.00. The van der Waals surface area contributed by atoms with Crippen molar-refractivity contribution in [3.63, 3.8) is 0 Å². The fourth-order valence-corrected chi connectivity index (χ4v) is 3.79. The van der Waals surface area contributed by atoms with Crippen molar-refractivity contribution in [1.82, 2.24) is 9.58 Å². The van der Waals surface area contributed by atoms with Crippen LogP contribution in [0, 0.1) is 0 Å². The van der Waals surface area contributed by atoms with Crippen molar-refractivity contribution in [2.24, 2.45) is 0 Å². The van der Waals surface area contributed by atoms with Crippen molar-refractivity contribution in [2.45, 2.75) is 31.7 Å². The highest BCUT2D eigenvalue weighted by molar-refractivity contribution is 5.96. The molecule has 1 saturated heterocycles. The molecule has 1 fully saturated rings. The first kappa shape index (κ1) is 15.7. The van der Waals surface area contributed by atoms with Gasteiger partial charge in [-0.2, -0.15) is 0 Å². The molecule has 25 heavy (non-hydrogen) atoms. The molecule has 0 spiro atoms. The molecule has 1 aromatic carbocycles. The Morgan fingerprint density at radius 1 is 1.00 bits per heavy atom. The molecule has 2 aromatic rings. The topological polar surface area (TPSA) is 65.8 Å². The highest BCUT2D eigenvalue weighted by Gasteiger charge is 2.35. The Morgan fingerprint density at radius 3 is 2.60 bits per heavy atom. The number of pyridine rings is 1. The number of hydrogen-bond donors (Lipinski definition) is 1. The van der Waals surface area contributed by atoms with Crippen LogP contribution in [0.2, 0.25) is 0 Å². The van der Waals surface area contributed by atoms with Crippen LogP contribution in [-0.2, 0) is 0 Å². The molecular formula is C19H21N3O3. The number of aromatic nitrogens is 1. The summed E-state index contributed by atoms with van der Waals surface area (Å²) in [4.78, 5) is 26.4. The summed E-state index contributed by atoms with van der Waals surface area (Å²) in [6.45, 7) is 1.09. The van der Waals surface area contributed by atoms with Crippen LogP contribution in [0.5, 0.6) is 5.75 Å². The van der Waals surface area contributed by atoms with Crippen LogP contribution in [-0.4, -0.2) is 33.8 Å². The number of nitrogens with zero attached hydrogens (tertiary/aromatic N) is 3. The molecule has 130 valence electrons. The Bertz CT molecular complexity index is 847. The van der Waals surface area contributed by atoms with E-state index in [-0.39, 0.29) is 17.6 Å². The lowest BCUT2D eigenvalue weighted by molar-refractivity contribution is 0.0677. The number of fused-ring (bicyclic) bond motifs is 4. The number of benzene rings is 1. The molecular weight excluding hydrogens is 318 g/mol. The molecule has 1 N–H and O–H groups in total. The summed E-state index contributed by atoms with van der Waals surface area (Å²) in [5.41, 5.74) is 0.719. The summed E-state index contributed by atoms with van der Waals surface area (Å²) in [5.74, 6) is -0.742. The second-order valence-electron chi connectivity index (χ2n) is 6.65. The summed E-state index contributed by atoms with van der Waals surface area (Å²) < 4.78 is 1.67. The van der Waals surface area contributed by atoms with Gasteiger partial charge in [0.2, 0.25) is 5.43 Å². The Morgan fingerprint density at radius 2 is 1.80 bits per heavy atom. The molecule has 6 nitrogen and oxygen atoms in total.